The van der Waals surface area contributed by atoms with E-state index >= 15 is 0 Å². The highest BCUT2D eigenvalue weighted by Crippen LogP contribution is 2.29. The van der Waals surface area contributed by atoms with Crippen LogP contribution in [0.4, 0.5) is 0 Å². The molecular formula is C16H24ClN3O2S. The predicted octanol–water partition coefficient (Wildman–Crippen LogP) is 2.33. The van der Waals surface area contributed by atoms with Gasteiger partial charge < -0.3 is 9.88 Å². The summed E-state index contributed by atoms with van der Waals surface area (Å²) in [6.07, 6.45) is 1.86. The zero-order chi connectivity index (χ0) is 15.9. The van der Waals surface area contributed by atoms with E-state index in [-0.39, 0.29) is 24.5 Å². The van der Waals surface area contributed by atoms with E-state index < -0.39 is 10.0 Å². The highest BCUT2D eigenvalue weighted by atomic mass is 35.5. The summed E-state index contributed by atoms with van der Waals surface area (Å²) in [4.78, 5) is 0.406. The van der Waals surface area contributed by atoms with Gasteiger partial charge >= 0.3 is 0 Å². The molecule has 23 heavy (non-hydrogen) atoms. The van der Waals surface area contributed by atoms with Crippen LogP contribution in [-0.4, -0.2) is 31.6 Å². The topological polar surface area (TPSA) is 63.1 Å². The van der Waals surface area contributed by atoms with Crippen molar-refractivity contribution in [1.82, 2.24) is 14.6 Å². The summed E-state index contributed by atoms with van der Waals surface area (Å²) < 4.78 is 30.7. The molecule has 0 bridgehead atoms. The minimum atomic E-state index is -3.54. The van der Waals surface area contributed by atoms with Gasteiger partial charge in [-0.15, -0.1) is 12.4 Å². The van der Waals surface area contributed by atoms with E-state index in [0.717, 1.165) is 36.0 Å². The van der Waals surface area contributed by atoms with Crippen LogP contribution in [0.2, 0.25) is 0 Å². The standard InChI is InChI=1S/C16H23N3O2S.ClH/c1-11-14(8-6-10-17-11)18-22(20,21)16-12(2)19(3)15-9-5-4-7-13(15)16;/h4-5,7,9,11,14,17-18H,6,8,10H2,1-3H3;1H. The fraction of sp³-hybridized carbons (Fsp3) is 0.500. The second-order valence-corrected chi connectivity index (χ2v) is 7.75. The number of halogens is 1. The lowest BCUT2D eigenvalue weighted by molar-refractivity contribution is 0.349. The molecule has 1 aliphatic heterocycles. The Bertz CT molecular complexity index is 801. The third kappa shape index (κ3) is 3.26. The number of aromatic nitrogens is 1. The van der Waals surface area contributed by atoms with E-state index in [1.165, 1.54) is 0 Å². The number of hydrogen-bond donors (Lipinski definition) is 2. The summed E-state index contributed by atoms with van der Waals surface area (Å²) in [7, 11) is -1.64. The lowest BCUT2D eigenvalue weighted by atomic mass is 10.0. The first-order valence-corrected chi connectivity index (χ1v) is 9.20. The first-order chi connectivity index (χ1) is 10.4. The maximum absolute atomic E-state index is 12.9. The Morgan fingerprint density at radius 3 is 2.70 bits per heavy atom. The molecule has 5 nitrogen and oxygen atoms in total. The summed E-state index contributed by atoms with van der Waals surface area (Å²) in [6, 6.07) is 7.73. The SMILES string of the molecule is Cc1c(S(=O)(=O)NC2CCCNC2C)c2ccccc2n1C.Cl. The van der Waals surface area contributed by atoms with Gasteiger partial charge in [0.15, 0.2) is 0 Å². The summed E-state index contributed by atoms with van der Waals surface area (Å²) in [5.41, 5.74) is 1.71. The monoisotopic (exact) mass is 357 g/mol. The Balaban J connectivity index is 0.00000192. The van der Waals surface area contributed by atoms with Crippen LogP contribution in [0.15, 0.2) is 29.2 Å². The molecule has 0 saturated carbocycles. The Hall–Kier alpha value is -1.08. The van der Waals surface area contributed by atoms with Crippen molar-refractivity contribution >= 4 is 33.3 Å². The van der Waals surface area contributed by atoms with Crippen molar-refractivity contribution in [3.63, 3.8) is 0 Å². The highest BCUT2D eigenvalue weighted by molar-refractivity contribution is 7.89. The van der Waals surface area contributed by atoms with E-state index in [4.69, 9.17) is 0 Å². The Labute approximate surface area is 143 Å². The zero-order valence-electron chi connectivity index (χ0n) is 13.7. The fourth-order valence-electron chi connectivity index (χ4n) is 3.29. The number of fused-ring (bicyclic) bond motifs is 1. The summed E-state index contributed by atoms with van der Waals surface area (Å²) in [5.74, 6) is 0. The maximum atomic E-state index is 12.9. The molecular weight excluding hydrogens is 334 g/mol. The lowest BCUT2D eigenvalue weighted by Gasteiger charge is -2.30. The van der Waals surface area contributed by atoms with Crippen molar-refractivity contribution in [2.24, 2.45) is 7.05 Å². The quantitative estimate of drug-likeness (QED) is 0.886. The van der Waals surface area contributed by atoms with Crippen LogP contribution in [0.5, 0.6) is 0 Å². The van der Waals surface area contributed by atoms with Gasteiger partial charge in [0.05, 0.1) is 0 Å². The minimum Gasteiger partial charge on any atom is -0.347 e. The van der Waals surface area contributed by atoms with Gasteiger partial charge in [-0.25, -0.2) is 13.1 Å². The second kappa shape index (κ2) is 6.81. The van der Waals surface area contributed by atoms with Crippen LogP contribution in [0.25, 0.3) is 10.9 Å². The molecule has 2 atom stereocenters. The molecule has 0 radical (unpaired) electrons. The van der Waals surface area contributed by atoms with Crippen LogP contribution >= 0.6 is 12.4 Å². The van der Waals surface area contributed by atoms with E-state index in [0.29, 0.717) is 4.90 Å². The molecule has 128 valence electrons. The van der Waals surface area contributed by atoms with Crippen molar-refractivity contribution in [3.05, 3.63) is 30.0 Å². The summed E-state index contributed by atoms with van der Waals surface area (Å²) in [6.45, 7) is 4.84. The van der Waals surface area contributed by atoms with Gasteiger partial charge in [0.1, 0.15) is 4.90 Å². The summed E-state index contributed by atoms with van der Waals surface area (Å²) >= 11 is 0. The normalized spacial score (nSPS) is 22.0. The smallest absolute Gasteiger partial charge is 0.243 e. The Kier molecular flexibility index (Phi) is 5.41. The summed E-state index contributed by atoms with van der Waals surface area (Å²) in [5, 5.41) is 4.11. The van der Waals surface area contributed by atoms with Gasteiger partial charge in [0.2, 0.25) is 10.0 Å². The first-order valence-electron chi connectivity index (χ1n) is 7.71. The van der Waals surface area contributed by atoms with Gasteiger partial charge in [-0.3, -0.25) is 0 Å². The molecule has 1 aromatic heterocycles. The number of aryl methyl sites for hydroxylation is 1. The van der Waals surface area contributed by atoms with Gasteiger partial charge in [0, 0.05) is 35.7 Å². The fourth-order valence-corrected chi connectivity index (χ4v) is 5.11. The van der Waals surface area contributed by atoms with Crippen LogP contribution in [0.3, 0.4) is 0 Å². The number of piperidine rings is 1. The van der Waals surface area contributed by atoms with Crippen LogP contribution < -0.4 is 10.0 Å². The molecule has 1 fully saturated rings. The minimum absolute atomic E-state index is 0. The number of benzene rings is 1. The Morgan fingerprint density at radius 2 is 2.00 bits per heavy atom. The number of para-hydroxylation sites is 1. The van der Waals surface area contributed by atoms with Crippen molar-refractivity contribution in [3.8, 4) is 0 Å². The molecule has 0 spiro atoms. The highest BCUT2D eigenvalue weighted by Gasteiger charge is 2.30. The molecule has 2 aromatic rings. The number of nitrogens with zero attached hydrogens (tertiary/aromatic N) is 1. The van der Waals surface area contributed by atoms with Crippen molar-refractivity contribution in [1.29, 1.82) is 0 Å². The molecule has 1 aromatic carbocycles. The molecule has 2 N–H and O–H groups in total. The van der Waals surface area contributed by atoms with E-state index in [9.17, 15) is 8.42 Å². The van der Waals surface area contributed by atoms with E-state index in [1.54, 1.807) is 0 Å². The molecule has 3 rings (SSSR count). The average molecular weight is 358 g/mol. The maximum Gasteiger partial charge on any atom is 0.243 e. The zero-order valence-corrected chi connectivity index (χ0v) is 15.3. The molecule has 2 unspecified atom stereocenters. The molecule has 7 heteroatoms. The van der Waals surface area contributed by atoms with Crippen LogP contribution in [0, 0.1) is 6.92 Å². The second-order valence-electron chi connectivity index (χ2n) is 6.10. The van der Waals surface area contributed by atoms with Crippen LogP contribution in [-0.2, 0) is 17.1 Å². The van der Waals surface area contributed by atoms with Crippen LogP contribution in [0.1, 0.15) is 25.5 Å². The largest absolute Gasteiger partial charge is 0.347 e. The van der Waals surface area contributed by atoms with E-state index in [1.807, 2.05) is 49.7 Å². The van der Waals surface area contributed by atoms with Crippen molar-refractivity contribution in [2.75, 3.05) is 6.54 Å². The average Bonchev–Trinajstić information content (AvgIpc) is 2.74. The number of nitrogens with one attached hydrogen (secondary N) is 2. The lowest BCUT2D eigenvalue weighted by Crippen LogP contribution is -2.51. The Morgan fingerprint density at radius 1 is 1.30 bits per heavy atom. The van der Waals surface area contributed by atoms with Crippen molar-refractivity contribution < 1.29 is 8.42 Å². The first kappa shape index (κ1) is 18.3. The van der Waals surface area contributed by atoms with Gasteiger partial charge in [-0.05, 0) is 39.3 Å². The molecule has 0 aliphatic carbocycles. The number of hydrogen-bond acceptors (Lipinski definition) is 3. The van der Waals surface area contributed by atoms with Crippen molar-refractivity contribution in [2.45, 2.75) is 43.7 Å². The van der Waals surface area contributed by atoms with Gasteiger partial charge in [0.25, 0.3) is 0 Å². The number of rotatable bonds is 3. The molecule has 0 amide bonds. The molecule has 2 heterocycles. The van der Waals surface area contributed by atoms with Gasteiger partial charge in [-0.2, -0.15) is 0 Å². The molecule has 1 saturated heterocycles. The van der Waals surface area contributed by atoms with E-state index in [2.05, 4.69) is 10.0 Å². The third-order valence-electron chi connectivity index (χ3n) is 4.68. The molecule has 1 aliphatic rings. The third-order valence-corrected chi connectivity index (χ3v) is 6.34. The van der Waals surface area contributed by atoms with Gasteiger partial charge in [-0.1, -0.05) is 18.2 Å². The number of sulfonamides is 1. The predicted molar refractivity (Wildman–Crippen MR) is 95.7 cm³/mol.